The first-order chi connectivity index (χ1) is 9.16. The normalized spacial score (nSPS) is 23.1. The van der Waals surface area contributed by atoms with E-state index in [9.17, 15) is 0 Å². The highest BCUT2D eigenvalue weighted by Crippen LogP contribution is 2.57. The monoisotopic (exact) mass is 314 g/mol. The predicted octanol–water partition coefficient (Wildman–Crippen LogP) is 5.54. The maximum atomic E-state index is 3.94. The van der Waals surface area contributed by atoms with Crippen LogP contribution in [-0.2, 0) is 0 Å². The van der Waals surface area contributed by atoms with E-state index in [0.29, 0.717) is 4.83 Å². The molecule has 0 nitrogen and oxygen atoms in total. The van der Waals surface area contributed by atoms with Crippen LogP contribution < -0.4 is 0 Å². The van der Waals surface area contributed by atoms with E-state index >= 15 is 0 Å². The second kappa shape index (κ2) is 5.13. The van der Waals surface area contributed by atoms with Gasteiger partial charge in [0.1, 0.15) is 0 Å². The van der Waals surface area contributed by atoms with Crippen molar-refractivity contribution < 1.29 is 0 Å². The molecule has 0 amide bonds. The van der Waals surface area contributed by atoms with E-state index in [0.717, 1.165) is 11.8 Å². The van der Waals surface area contributed by atoms with Gasteiger partial charge in [0.05, 0.1) is 0 Å². The lowest BCUT2D eigenvalue weighted by atomic mass is 9.98. The number of halogens is 1. The number of rotatable bonds is 3. The minimum atomic E-state index is 0.484. The minimum Gasteiger partial charge on any atom is -0.0835 e. The fraction of sp³-hybridized carbons (Fsp3) is 0.333. The van der Waals surface area contributed by atoms with E-state index in [1.807, 2.05) is 0 Å². The number of hydrogen-bond acceptors (Lipinski definition) is 0. The maximum absolute atomic E-state index is 3.94. The Morgan fingerprint density at radius 1 is 1.05 bits per heavy atom. The summed E-state index contributed by atoms with van der Waals surface area (Å²) in [7, 11) is 0. The van der Waals surface area contributed by atoms with Gasteiger partial charge in [0.2, 0.25) is 0 Å². The van der Waals surface area contributed by atoms with Gasteiger partial charge in [-0.1, -0.05) is 70.0 Å². The summed E-state index contributed by atoms with van der Waals surface area (Å²) in [5.74, 6) is 1.47. The minimum absolute atomic E-state index is 0.484. The molecule has 0 saturated heterocycles. The van der Waals surface area contributed by atoms with Crippen molar-refractivity contribution in [3.05, 3.63) is 70.8 Å². The quantitative estimate of drug-likeness (QED) is 0.652. The van der Waals surface area contributed by atoms with Crippen molar-refractivity contribution in [3.8, 4) is 0 Å². The summed E-state index contributed by atoms with van der Waals surface area (Å²) in [5, 5.41) is 0. The van der Waals surface area contributed by atoms with Crippen LogP contribution >= 0.6 is 15.9 Å². The highest BCUT2D eigenvalue weighted by Gasteiger charge is 2.43. The molecule has 2 aromatic carbocycles. The lowest BCUT2D eigenvalue weighted by Gasteiger charge is -2.14. The fourth-order valence-corrected chi connectivity index (χ4v) is 3.99. The number of aryl methyl sites for hydroxylation is 2. The van der Waals surface area contributed by atoms with E-state index < -0.39 is 0 Å². The van der Waals surface area contributed by atoms with Crippen LogP contribution in [0.4, 0.5) is 0 Å². The standard InChI is InChI=1S/C18H19Br/c1-12-8-9-13(2)15(10-12)18(19)17-11-16(17)14-6-4-3-5-7-14/h3-10,16-18H,11H2,1-2H3. The van der Waals surface area contributed by atoms with Crippen LogP contribution in [0.15, 0.2) is 48.5 Å². The first-order valence-electron chi connectivity index (χ1n) is 6.93. The van der Waals surface area contributed by atoms with Gasteiger partial charge in [-0.05, 0) is 48.8 Å². The van der Waals surface area contributed by atoms with Gasteiger partial charge in [-0.15, -0.1) is 0 Å². The van der Waals surface area contributed by atoms with Gasteiger partial charge in [-0.3, -0.25) is 0 Å². The van der Waals surface area contributed by atoms with E-state index in [1.54, 1.807) is 0 Å². The summed E-state index contributed by atoms with van der Waals surface area (Å²) in [4.78, 5) is 0.484. The molecular formula is C18H19Br. The van der Waals surface area contributed by atoms with Crippen LogP contribution in [0.2, 0.25) is 0 Å². The number of benzene rings is 2. The van der Waals surface area contributed by atoms with Crippen molar-refractivity contribution >= 4 is 15.9 Å². The smallest absolute Gasteiger partial charge is 0.0432 e. The Hall–Kier alpha value is -1.08. The average Bonchev–Trinajstić information content (AvgIpc) is 3.22. The van der Waals surface area contributed by atoms with E-state index in [2.05, 4.69) is 78.3 Å². The molecule has 2 aromatic rings. The molecule has 19 heavy (non-hydrogen) atoms. The molecule has 0 bridgehead atoms. The van der Waals surface area contributed by atoms with Crippen molar-refractivity contribution in [2.75, 3.05) is 0 Å². The van der Waals surface area contributed by atoms with Crippen molar-refractivity contribution in [1.29, 1.82) is 0 Å². The molecule has 98 valence electrons. The highest BCUT2D eigenvalue weighted by molar-refractivity contribution is 9.09. The predicted molar refractivity (Wildman–Crippen MR) is 84.9 cm³/mol. The molecule has 1 heteroatoms. The zero-order valence-electron chi connectivity index (χ0n) is 11.4. The Labute approximate surface area is 124 Å². The molecule has 0 heterocycles. The van der Waals surface area contributed by atoms with Gasteiger partial charge in [-0.2, -0.15) is 0 Å². The van der Waals surface area contributed by atoms with Gasteiger partial charge in [0.25, 0.3) is 0 Å². The van der Waals surface area contributed by atoms with Crippen LogP contribution in [0.1, 0.15) is 39.4 Å². The van der Waals surface area contributed by atoms with Gasteiger partial charge in [0.15, 0.2) is 0 Å². The Balaban J connectivity index is 1.80. The molecule has 0 radical (unpaired) electrons. The highest BCUT2D eigenvalue weighted by atomic mass is 79.9. The van der Waals surface area contributed by atoms with Crippen LogP contribution in [0.3, 0.4) is 0 Å². The van der Waals surface area contributed by atoms with Crippen molar-refractivity contribution in [3.63, 3.8) is 0 Å². The molecule has 0 spiro atoms. The summed E-state index contributed by atoms with van der Waals surface area (Å²) in [6.45, 7) is 4.38. The van der Waals surface area contributed by atoms with E-state index in [1.165, 1.54) is 28.7 Å². The van der Waals surface area contributed by atoms with Crippen molar-refractivity contribution in [2.24, 2.45) is 5.92 Å². The lowest BCUT2D eigenvalue weighted by Crippen LogP contribution is -1.98. The first-order valence-corrected chi connectivity index (χ1v) is 7.84. The molecule has 1 aliphatic carbocycles. The third kappa shape index (κ3) is 2.62. The molecule has 1 saturated carbocycles. The Morgan fingerprint density at radius 3 is 2.53 bits per heavy atom. The second-order valence-electron chi connectivity index (χ2n) is 5.68. The Morgan fingerprint density at radius 2 is 1.79 bits per heavy atom. The van der Waals surface area contributed by atoms with Crippen molar-refractivity contribution in [1.82, 2.24) is 0 Å². The van der Waals surface area contributed by atoms with Crippen LogP contribution in [0.5, 0.6) is 0 Å². The third-order valence-corrected chi connectivity index (χ3v) is 5.35. The summed E-state index contributed by atoms with van der Waals surface area (Å²) in [5.41, 5.74) is 5.69. The van der Waals surface area contributed by atoms with Crippen molar-refractivity contribution in [2.45, 2.75) is 31.0 Å². The fourth-order valence-electron chi connectivity index (χ4n) is 2.91. The Kier molecular flexibility index (Phi) is 3.49. The molecule has 1 fully saturated rings. The number of hydrogen-bond donors (Lipinski definition) is 0. The lowest BCUT2D eigenvalue weighted by molar-refractivity contribution is 0.781. The van der Waals surface area contributed by atoms with Gasteiger partial charge >= 0.3 is 0 Å². The molecule has 1 aliphatic rings. The molecule has 0 N–H and O–H groups in total. The van der Waals surface area contributed by atoms with Crippen LogP contribution in [-0.4, -0.2) is 0 Å². The molecule has 0 aliphatic heterocycles. The number of alkyl halides is 1. The Bertz CT molecular complexity index is 573. The summed E-state index contributed by atoms with van der Waals surface area (Å²) in [6.07, 6.45) is 1.30. The zero-order chi connectivity index (χ0) is 13.4. The summed E-state index contributed by atoms with van der Waals surface area (Å²) in [6, 6.07) is 17.7. The largest absolute Gasteiger partial charge is 0.0835 e. The second-order valence-corrected chi connectivity index (χ2v) is 6.67. The van der Waals surface area contributed by atoms with Gasteiger partial charge in [0, 0.05) is 4.83 Å². The maximum Gasteiger partial charge on any atom is 0.0432 e. The van der Waals surface area contributed by atoms with Gasteiger partial charge < -0.3 is 0 Å². The summed E-state index contributed by atoms with van der Waals surface area (Å²) >= 11 is 3.94. The van der Waals surface area contributed by atoms with E-state index in [-0.39, 0.29) is 0 Å². The molecular weight excluding hydrogens is 296 g/mol. The average molecular weight is 315 g/mol. The first kappa shape index (κ1) is 12.9. The van der Waals surface area contributed by atoms with Crippen LogP contribution in [0.25, 0.3) is 0 Å². The van der Waals surface area contributed by atoms with Crippen LogP contribution in [0, 0.1) is 19.8 Å². The van der Waals surface area contributed by atoms with Gasteiger partial charge in [-0.25, -0.2) is 0 Å². The summed E-state index contributed by atoms with van der Waals surface area (Å²) < 4.78 is 0. The topological polar surface area (TPSA) is 0 Å². The third-order valence-electron chi connectivity index (χ3n) is 4.18. The SMILES string of the molecule is Cc1ccc(C)c(C(Br)C2CC2c2ccccc2)c1. The molecule has 3 atom stereocenters. The molecule has 3 unspecified atom stereocenters. The zero-order valence-corrected chi connectivity index (χ0v) is 13.0. The molecule has 0 aromatic heterocycles. The van der Waals surface area contributed by atoms with E-state index in [4.69, 9.17) is 0 Å². The molecule has 3 rings (SSSR count).